The Balaban J connectivity index is 1.77. The van der Waals surface area contributed by atoms with Gasteiger partial charge < -0.3 is 4.74 Å². The van der Waals surface area contributed by atoms with Gasteiger partial charge in [-0.15, -0.1) is 5.10 Å². The first-order chi connectivity index (χ1) is 13.0. The van der Waals surface area contributed by atoms with Crippen LogP contribution in [0.3, 0.4) is 0 Å². The largest absolute Gasteiger partial charge is 0.472 e. The van der Waals surface area contributed by atoms with E-state index in [1.165, 1.54) is 12.1 Å². The Morgan fingerprint density at radius 1 is 1.26 bits per heavy atom. The molecule has 10 heteroatoms. The van der Waals surface area contributed by atoms with Crippen LogP contribution in [0.1, 0.15) is 5.56 Å². The molecule has 0 fully saturated rings. The van der Waals surface area contributed by atoms with E-state index in [2.05, 4.69) is 5.10 Å². The Hall–Kier alpha value is -3.14. The van der Waals surface area contributed by atoms with Gasteiger partial charge in [0.1, 0.15) is 12.4 Å². The molecule has 0 radical (unpaired) electrons. The van der Waals surface area contributed by atoms with Gasteiger partial charge in [0.2, 0.25) is 5.88 Å². The summed E-state index contributed by atoms with van der Waals surface area (Å²) < 4.78 is 20.2. The van der Waals surface area contributed by atoms with E-state index < -0.39 is 6.03 Å². The van der Waals surface area contributed by atoms with Crippen molar-refractivity contribution in [2.75, 3.05) is 5.01 Å². The Labute approximate surface area is 159 Å². The quantitative estimate of drug-likeness (QED) is 0.352. The molecule has 0 aliphatic heterocycles. The molecule has 0 bridgehead atoms. The molecule has 0 unspecified atom stereocenters. The van der Waals surface area contributed by atoms with Gasteiger partial charge in [0, 0.05) is 22.8 Å². The maximum absolute atomic E-state index is 13.0. The average molecular weight is 391 g/mol. The van der Waals surface area contributed by atoms with Crippen molar-refractivity contribution in [3.8, 4) is 11.6 Å². The SMILES string of the molecule is NNC(=O)N(N)c1cccc(Cl)c1COc1ccn(-c2ccc(F)cc2)n1. The van der Waals surface area contributed by atoms with Crippen molar-refractivity contribution in [1.82, 2.24) is 15.2 Å². The maximum Gasteiger partial charge on any atom is 0.350 e. The molecule has 0 saturated heterocycles. The number of nitrogens with one attached hydrogen (secondary N) is 1. The molecule has 1 aromatic heterocycles. The van der Waals surface area contributed by atoms with Crippen LogP contribution in [0.15, 0.2) is 54.7 Å². The molecular weight excluding hydrogens is 375 g/mol. The zero-order valence-electron chi connectivity index (χ0n) is 14.0. The zero-order valence-corrected chi connectivity index (χ0v) is 14.7. The number of hydrazine groups is 2. The van der Waals surface area contributed by atoms with Gasteiger partial charge in [-0.3, -0.25) is 5.43 Å². The van der Waals surface area contributed by atoms with E-state index in [-0.39, 0.29) is 12.4 Å². The van der Waals surface area contributed by atoms with Crippen molar-refractivity contribution >= 4 is 23.3 Å². The fourth-order valence-electron chi connectivity index (χ4n) is 2.36. The van der Waals surface area contributed by atoms with Gasteiger partial charge in [0.15, 0.2) is 0 Å². The highest BCUT2D eigenvalue weighted by Crippen LogP contribution is 2.27. The number of carbonyl (C=O) groups excluding carboxylic acids is 1. The number of urea groups is 1. The number of hydrogen-bond acceptors (Lipinski definition) is 5. The number of ether oxygens (including phenoxy) is 1. The summed E-state index contributed by atoms with van der Waals surface area (Å²) in [6, 6.07) is 11.7. The van der Waals surface area contributed by atoms with E-state index >= 15 is 0 Å². The molecule has 3 aromatic rings. The summed E-state index contributed by atoms with van der Waals surface area (Å²) in [6.45, 7) is 0.0149. The number of aromatic nitrogens is 2. The fraction of sp³-hybridized carbons (Fsp3) is 0.0588. The molecule has 27 heavy (non-hydrogen) atoms. The van der Waals surface area contributed by atoms with Crippen LogP contribution >= 0.6 is 11.6 Å². The van der Waals surface area contributed by atoms with Crippen LogP contribution in [-0.4, -0.2) is 15.8 Å². The zero-order chi connectivity index (χ0) is 19.4. The average Bonchev–Trinajstić information content (AvgIpc) is 3.15. The van der Waals surface area contributed by atoms with Crippen molar-refractivity contribution in [2.45, 2.75) is 6.61 Å². The number of nitrogens with two attached hydrogens (primary N) is 2. The van der Waals surface area contributed by atoms with Gasteiger partial charge in [-0.1, -0.05) is 17.7 Å². The van der Waals surface area contributed by atoms with Crippen molar-refractivity contribution in [1.29, 1.82) is 0 Å². The van der Waals surface area contributed by atoms with E-state index in [0.717, 1.165) is 5.01 Å². The monoisotopic (exact) mass is 390 g/mol. The van der Waals surface area contributed by atoms with Crippen molar-refractivity contribution < 1.29 is 13.9 Å². The van der Waals surface area contributed by atoms with Gasteiger partial charge in [0.25, 0.3) is 0 Å². The Morgan fingerprint density at radius 3 is 2.70 bits per heavy atom. The predicted molar refractivity (Wildman–Crippen MR) is 98.7 cm³/mol. The third-order valence-corrected chi connectivity index (χ3v) is 4.07. The van der Waals surface area contributed by atoms with Crippen LogP contribution in [0.2, 0.25) is 5.02 Å². The van der Waals surface area contributed by atoms with Gasteiger partial charge in [-0.25, -0.2) is 30.6 Å². The van der Waals surface area contributed by atoms with Crippen LogP contribution in [0.5, 0.6) is 5.88 Å². The maximum atomic E-state index is 13.0. The number of hydrogen-bond donors (Lipinski definition) is 3. The summed E-state index contributed by atoms with van der Waals surface area (Å²) in [5, 5.41) is 5.47. The number of nitrogens with zero attached hydrogens (tertiary/aromatic N) is 3. The molecule has 0 saturated carbocycles. The highest BCUT2D eigenvalue weighted by Gasteiger charge is 2.17. The second kappa shape index (κ2) is 8.04. The van der Waals surface area contributed by atoms with Gasteiger partial charge in [0.05, 0.1) is 11.4 Å². The van der Waals surface area contributed by atoms with Crippen molar-refractivity contribution in [3.63, 3.8) is 0 Å². The lowest BCUT2D eigenvalue weighted by molar-refractivity contribution is 0.246. The predicted octanol–water partition coefficient (Wildman–Crippen LogP) is 2.51. The van der Waals surface area contributed by atoms with Crippen LogP contribution in [-0.2, 0) is 6.61 Å². The third kappa shape index (κ3) is 4.17. The first-order valence-corrected chi connectivity index (χ1v) is 8.14. The molecule has 140 valence electrons. The van der Waals surface area contributed by atoms with E-state index in [9.17, 15) is 9.18 Å². The minimum absolute atomic E-state index is 0.0149. The first-order valence-electron chi connectivity index (χ1n) is 7.77. The highest BCUT2D eigenvalue weighted by atomic mass is 35.5. The molecule has 3 rings (SSSR count). The first kappa shape index (κ1) is 18.6. The lowest BCUT2D eigenvalue weighted by atomic mass is 10.2. The van der Waals surface area contributed by atoms with Gasteiger partial charge in [-0.05, 0) is 36.4 Å². The summed E-state index contributed by atoms with van der Waals surface area (Å²) in [5.41, 5.74) is 3.45. The van der Waals surface area contributed by atoms with Crippen LogP contribution in [0, 0.1) is 5.82 Å². The second-order valence-electron chi connectivity index (χ2n) is 5.42. The smallest absolute Gasteiger partial charge is 0.350 e. The van der Waals surface area contributed by atoms with Crippen molar-refractivity contribution in [2.24, 2.45) is 11.7 Å². The van der Waals surface area contributed by atoms with Crippen LogP contribution < -0.4 is 26.9 Å². The van der Waals surface area contributed by atoms with Crippen LogP contribution in [0.25, 0.3) is 5.69 Å². The molecule has 5 N–H and O–H groups in total. The molecule has 0 atom stereocenters. The summed E-state index contributed by atoms with van der Waals surface area (Å²) >= 11 is 6.22. The molecule has 1 heterocycles. The Kier molecular flexibility index (Phi) is 5.55. The molecule has 0 aliphatic carbocycles. The highest BCUT2D eigenvalue weighted by molar-refractivity contribution is 6.31. The summed E-state index contributed by atoms with van der Waals surface area (Å²) in [5.74, 6) is 10.9. The summed E-state index contributed by atoms with van der Waals surface area (Å²) in [7, 11) is 0. The fourth-order valence-corrected chi connectivity index (χ4v) is 2.59. The number of carbonyl (C=O) groups is 1. The Morgan fingerprint density at radius 2 is 2.00 bits per heavy atom. The molecule has 0 spiro atoms. The standard InChI is InChI=1S/C17H16ClFN6O2/c18-14-2-1-3-15(25(21)17(26)22-20)13(14)10-27-16-8-9-24(23-16)12-6-4-11(19)5-7-12/h1-9H,10,20-21H2,(H,22,26). The summed E-state index contributed by atoms with van der Waals surface area (Å²) in [6.07, 6.45) is 1.67. The van der Waals surface area contributed by atoms with E-state index in [1.54, 1.807) is 47.3 Å². The number of rotatable bonds is 5. The third-order valence-electron chi connectivity index (χ3n) is 3.72. The topological polar surface area (TPSA) is 111 Å². The minimum Gasteiger partial charge on any atom is -0.472 e. The molecule has 2 aromatic carbocycles. The Bertz CT molecular complexity index is 947. The van der Waals surface area contributed by atoms with Crippen molar-refractivity contribution in [3.05, 3.63) is 71.1 Å². The number of anilines is 1. The second-order valence-corrected chi connectivity index (χ2v) is 5.83. The number of benzene rings is 2. The summed E-state index contributed by atoms with van der Waals surface area (Å²) in [4.78, 5) is 11.7. The molecule has 0 aliphatic rings. The van der Waals surface area contributed by atoms with Gasteiger partial charge in [-0.2, -0.15) is 0 Å². The normalized spacial score (nSPS) is 10.5. The minimum atomic E-state index is -0.709. The molecule has 8 nitrogen and oxygen atoms in total. The van der Waals surface area contributed by atoms with Gasteiger partial charge >= 0.3 is 6.03 Å². The van der Waals surface area contributed by atoms with E-state index in [4.69, 9.17) is 28.0 Å². The molecule has 2 amide bonds. The number of amides is 2. The lowest BCUT2D eigenvalue weighted by Gasteiger charge is -2.20. The van der Waals surface area contributed by atoms with E-state index in [0.29, 0.717) is 27.8 Å². The lowest BCUT2D eigenvalue weighted by Crippen LogP contribution is -2.48. The van der Waals surface area contributed by atoms with Crippen LogP contribution in [0.4, 0.5) is 14.9 Å². The molecular formula is C17H16ClFN6O2. The van der Waals surface area contributed by atoms with E-state index in [1.807, 2.05) is 5.43 Å². The number of halogens is 2.